The molecule has 1 saturated heterocycles. The molecular formula is C20H15ClN2O5S2. The number of carboxylic acids is 1. The van der Waals surface area contributed by atoms with E-state index in [0.717, 1.165) is 17.8 Å². The van der Waals surface area contributed by atoms with E-state index in [4.69, 9.17) is 28.9 Å². The predicted molar refractivity (Wildman–Crippen MR) is 120 cm³/mol. The van der Waals surface area contributed by atoms with Crippen molar-refractivity contribution in [1.29, 1.82) is 0 Å². The van der Waals surface area contributed by atoms with Crippen molar-refractivity contribution < 1.29 is 24.6 Å². The number of rotatable bonds is 6. The summed E-state index contributed by atoms with van der Waals surface area (Å²) in [6, 6.07) is 10.8. The first kappa shape index (κ1) is 21.8. The molecule has 1 heterocycles. The van der Waals surface area contributed by atoms with E-state index in [9.17, 15) is 19.5 Å². The zero-order valence-electron chi connectivity index (χ0n) is 15.3. The second-order valence-corrected chi connectivity index (χ2v) is 8.27. The minimum absolute atomic E-state index is 0.0465. The summed E-state index contributed by atoms with van der Waals surface area (Å²) in [6.07, 6.45) is 1.61. The van der Waals surface area contributed by atoms with Gasteiger partial charge >= 0.3 is 5.97 Å². The van der Waals surface area contributed by atoms with Gasteiger partial charge in [-0.15, -0.1) is 0 Å². The first-order chi connectivity index (χ1) is 14.3. The third-order valence-electron chi connectivity index (χ3n) is 4.14. The zero-order chi connectivity index (χ0) is 21.8. The molecule has 3 N–H and O–H groups in total. The predicted octanol–water partition coefficient (Wildman–Crippen LogP) is 3.97. The number of thioether (sulfide) groups is 1. The largest absolute Gasteiger partial charge is 0.507 e. The van der Waals surface area contributed by atoms with E-state index in [1.54, 1.807) is 24.3 Å². The summed E-state index contributed by atoms with van der Waals surface area (Å²) < 4.78 is 0.337. The van der Waals surface area contributed by atoms with Crippen molar-refractivity contribution >= 4 is 69.4 Å². The van der Waals surface area contributed by atoms with Crippen molar-refractivity contribution in [2.24, 2.45) is 0 Å². The molecule has 2 amide bonds. The molecule has 2 aromatic carbocycles. The lowest BCUT2D eigenvalue weighted by Gasteiger charge is -2.14. The molecule has 0 atom stereocenters. The van der Waals surface area contributed by atoms with Gasteiger partial charge in [0.2, 0.25) is 5.91 Å². The minimum atomic E-state index is -1.31. The van der Waals surface area contributed by atoms with E-state index in [1.165, 1.54) is 17.0 Å². The number of aromatic hydroxyl groups is 1. The summed E-state index contributed by atoms with van der Waals surface area (Å²) in [5.41, 5.74) is 0.590. The first-order valence-corrected chi connectivity index (χ1v) is 10.2. The number of amides is 2. The molecule has 1 fully saturated rings. The van der Waals surface area contributed by atoms with Gasteiger partial charge < -0.3 is 15.5 Å². The summed E-state index contributed by atoms with van der Waals surface area (Å²) >= 11 is 12.5. The quantitative estimate of drug-likeness (QED) is 0.338. The highest BCUT2D eigenvalue weighted by Gasteiger charge is 2.32. The van der Waals surface area contributed by atoms with E-state index in [2.05, 4.69) is 5.32 Å². The molecule has 30 heavy (non-hydrogen) atoms. The molecule has 1 aliphatic heterocycles. The van der Waals surface area contributed by atoms with Crippen LogP contribution in [0.1, 0.15) is 22.3 Å². The molecule has 0 aliphatic carbocycles. The van der Waals surface area contributed by atoms with Gasteiger partial charge in [-0.1, -0.05) is 53.8 Å². The summed E-state index contributed by atoms with van der Waals surface area (Å²) in [5.74, 6) is -2.45. The van der Waals surface area contributed by atoms with Crippen molar-refractivity contribution in [3.63, 3.8) is 0 Å². The van der Waals surface area contributed by atoms with Crippen LogP contribution in [-0.4, -0.2) is 43.8 Å². The van der Waals surface area contributed by atoms with Crippen LogP contribution in [0.2, 0.25) is 5.02 Å². The molecule has 3 rings (SSSR count). The van der Waals surface area contributed by atoms with Gasteiger partial charge in [0, 0.05) is 23.7 Å². The van der Waals surface area contributed by atoms with Gasteiger partial charge in [0.1, 0.15) is 15.6 Å². The Morgan fingerprint density at radius 2 is 1.97 bits per heavy atom. The van der Waals surface area contributed by atoms with Crippen LogP contribution in [0.25, 0.3) is 6.08 Å². The normalized spacial score (nSPS) is 15.0. The number of anilines is 1. The summed E-state index contributed by atoms with van der Waals surface area (Å²) in [4.78, 5) is 37.7. The molecule has 0 saturated carbocycles. The van der Waals surface area contributed by atoms with E-state index in [-0.39, 0.29) is 30.1 Å². The second kappa shape index (κ2) is 9.29. The third-order valence-corrected chi connectivity index (χ3v) is 5.86. The van der Waals surface area contributed by atoms with Crippen molar-refractivity contribution in [1.82, 2.24) is 4.90 Å². The van der Waals surface area contributed by atoms with Crippen LogP contribution in [0.3, 0.4) is 0 Å². The van der Waals surface area contributed by atoms with Crippen molar-refractivity contribution in [3.05, 3.63) is 63.5 Å². The Morgan fingerprint density at radius 1 is 1.23 bits per heavy atom. The van der Waals surface area contributed by atoms with Crippen LogP contribution in [0.15, 0.2) is 47.4 Å². The maximum absolute atomic E-state index is 12.6. The Morgan fingerprint density at radius 3 is 2.67 bits per heavy atom. The van der Waals surface area contributed by atoms with Crippen molar-refractivity contribution in [2.75, 3.05) is 11.9 Å². The van der Waals surface area contributed by atoms with Crippen molar-refractivity contribution in [3.8, 4) is 5.75 Å². The monoisotopic (exact) mass is 462 g/mol. The smallest absolute Gasteiger partial charge is 0.339 e. The lowest BCUT2D eigenvalue weighted by atomic mass is 10.1. The fraction of sp³-hybridized carbons (Fsp3) is 0.100. The number of carbonyl (C=O) groups excluding carboxylic acids is 2. The van der Waals surface area contributed by atoms with Crippen LogP contribution in [-0.2, 0) is 9.59 Å². The number of carbonyl (C=O) groups is 3. The van der Waals surface area contributed by atoms with E-state index in [1.807, 2.05) is 6.07 Å². The molecule has 0 aromatic heterocycles. The molecular weight excluding hydrogens is 448 g/mol. The van der Waals surface area contributed by atoms with E-state index >= 15 is 0 Å². The minimum Gasteiger partial charge on any atom is -0.507 e. The number of nitrogens with zero attached hydrogens (tertiary/aromatic N) is 1. The molecule has 0 spiro atoms. The average molecular weight is 463 g/mol. The Bertz CT molecular complexity index is 1090. The molecule has 1 aliphatic rings. The number of hydrogen-bond donors (Lipinski definition) is 3. The van der Waals surface area contributed by atoms with Crippen LogP contribution < -0.4 is 5.32 Å². The highest BCUT2D eigenvalue weighted by Crippen LogP contribution is 2.33. The maximum atomic E-state index is 12.6. The van der Waals surface area contributed by atoms with Crippen LogP contribution >= 0.6 is 35.6 Å². The number of thiocarbonyl (C=S) groups is 1. The van der Waals surface area contributed by atoms with Gasteiger partial charge in [0.25, 0.3) is 5.91 Å². The highest BCUT2D eigenvalue weighted by molar-refractivity contribution is 8.26. The Balaban J connectivity index is 1.63. The van der Waals surface area contributed by atoms with Crippen molar-refractivity contribution in [2.45, 2.75) is 6.42 Å². The van der Waals surface area contributed by atoms with Crippen LogP contribution in [0, 0.1) is 0 Å². The summed E-state index contributed by atoms with van der Waals surface area (Å²) in [6.45, 7) is 0.0697. The maximum Gasteiger partial charge on any atom is 0.339 e. The molecule has 154 valence electrons. The number of carboxylic acid groups (broad SMARTS) is 1. The Labute approximate surface area is 186 Å². The average Bonchev–Trinajstić information content (AvgIpc) is 2.96. The van der Waals surface area contributed by atoms with Gasteiger partial charge in [-0.3, -0.25) is 14.5 Å². The third kappa shape index (κ3) is 4.99. The van der Waals surface area contributed by atoms with Gasteiger partial charge in [0.05, 0.1) is 4.91 Å². The molecule has 0 bridgehead atoms. The highest BCUT2D eigenvalue weighted by atomic mass is 35.5. The van der Waals surface area contributed by atoms with Gasteiger partial charge in [-0.25, -0.2) is 4.79 Å². The van der Waals surface area contributed by atoms with E-state index < -0.39 is 17.6 Å². The molecule has 2 aromatic rings. The number of phenols is 1. The Hall–Kier alpha value is -2.88. The van der Waals surface area contributed by atoms with Crippen LogP contribution in [0.5, 0.6) is 5.75 Å². The second-order valence-electron chi connectivity index (χ2n) is 6.19. The SMILES string of the molecule is O=C(CCN1C(=O)C(=Cc2ccccc2Cl)SC1=S)Nc1ccc(O)c(C(=O)O)c1. The number of nitrogens with one attached hydrogen (secondary N) is 1. The van der Waals surface area contributed by atoms with Gasteiger partial charge in [0.15, 0.2) is 0 Å². The van der Waals surface area contributed by atoms with Crippen LogP contribution in [0.4, 0.5) is 5.69 Å². The fourth-order valence-corrected chi connectivity index (χ4v) is 4.14. The zero-order valence-corrected chi connectivity index (χ0v) is 17.7. The number of halogens is 1. The molecule has 0 unspecified atom stereocenters. The summed E-state index contributed by atoms with van der Waals surface area (Å²) in [7, 11) is 0. The van der Waals surface area contributed by atoms with Gasteiger partial charge in [-0.05, 0) is 35.9 Å². The lowest BCUT2D eigenvalue weighted by molar-refractivity contribution is -0.122. The molecule has 0 radical (unpaired) electrons. The fourth-order valence-electron chi connectivity index (χ4n) is 2.65. The molecule has 10 heteroatoms. The first-order valence-electron chi connectivity index (χ1n) is 8.62. The van der Waals surface area contributed by atoms with E-state index in [0.29, 0.717) is 19.8 Å². The van der Waals surface area contributed by atoms with Gasteiger partial charge in [-0.2, -0.15) is 0 Å². The topological polar surface area (TPSA) is 107 Å². The lowest BCUT2D eigenvalue weighted by Crippen LogP contribution is -2.31. The number of hydrogen-bond acceptors (Lipinski definition) is 6. The Kier molecular flexibility index (Phi) is 6.76. The number of aromatic carboxylic acids is 1. The molecule has 7 nitrogen and oxygen atoms in total. The summed E-state index contributed by atoms with van der Waals surface area (Å²) in [5, 5.41) is 21.6. The standard InChI is InChI=1S/C20H15ClN2O5S2/c21-14-4-2-1-3-11(14)9-16-18(26)23(20(29)30-16)8-7-17(25)22-12-5-6-15(24)13(10-12)19(27)28/h1-6,9-10,24H,7-8H2,(H,22,25)(H,27,28). The number of benzene rings is 2.